The summed E-state index contributed by atoms with van der Waals surface area (Å²) in [6.45, 7) is 4.63. The largest absolute Gasteiger partial charge is 0.507 e. The summed E-state index contributed by atoms with van der Waals surface area (Å²) in [5, 5.41) is 11.5. The summed E-state index contributed by atoms with van der Waals surface area (Å²) >= 11 is 1.22. The minimum absolute atomic E-state index is 0.146. The first-order valence-electron chi connectivity index (χ1n) is 12.3. The number of carbonyl (C=O) groups excluding carboxylic acids is 2. The number of amides is 1. The highest BCUT2D eigenvalue weighted by Crippen LogP contribution is 2.46. The lowest BCUT2D eigenvalue weighted by Gasteiger charge is -2.24. The van der Waals surface area contributed by atoms with Gasteiger partial charge in [0, 0.05) is 5.56 Å². The number of carbonyl (C=O) groups is 2. The summed E-state index contributed by atoms with van der Waals surface area (Å²) in [6.07, 6.45) is 0. The molecule has 1 N–H and O–H groups in total. The molecule has 39 heavy (non-hydrogen) atoms. The number of benzene rings is 3. The van der Waals surface area contributed by atoms with Crippen molar-refractivity contribution in [2.75, 3.05) is 25.2 Å². The maximum atomic E-state index is 13.6. The number of hydrogen-bond donors (Lipinski definition) is 1. The lowest BCUT2D eigenvalue weighted by Crippen LogP contribution is -2.29. The van der Waals surface area contributed by atoms with Crippen LogP contribution in [0, 0.1) is 5.82 Å². The van der Waals surface area contributed by atoms with Gasteiger partial charge in [-0.1, -0.05) is 17.4 Å². The predicted molar refractivity (Wildman–Crippen MR) is 146 cm³/mol. The molecule has 0 bridgehead atoms. The molecule has 0 aliphatic carbocycles. The summed E-state index contributed by atoms with van der Waals surface area (Å²) in [4.78, 5) is 32.9. The number of aliphatic hydroxyl groups is 1. The molecule has 1 fully saturated rings. The van der Waals surface area contributed by atoms with Gasteiger partial charge in [-0.3, -0.25) is 14.5 Å². The minimum atomic E-state index is -1.04. The molecule has 1 aliphatic heterocycles. The Balaban J connectivity index is 1.71. The van der Waals surface area contributed by atoms with E-state index in [-0.39, 0.29) is 16.3 Å². The maximum Gasteiger partial charge on any atom is 0.301 e. The standard InChI is InChI=1S/C29H25FN2O6S/c1-4-37-19-11-12-20-23(15-19)39-29(31-20)32-25(17-8-13-21(38-5-2)22(14-17)36-3)24(27(34)28(32)35)26(33)16-6-9-18(30)10-7-16/h6-15,25,33H,4-5H2,1-3H3. The minimum Gasteiger partial charge on any atom is -0.507 e. The van der Waals surface area contributed by atoms with E-state index in [9.17, 15) is 19.1 Å². The zero-order valence-electron chi connectivity index (χ0n) is 21.4. The van der Waals surface area contributed by atoms with E-state index in [0.717, 1.165) is 4.70 Å². The van der Waals surface area contributed by atoms with Crippen molar-refractivity contribution in [3.05, 3.63) is 83.2 Å². The fourth-order valence-corrected chi connectivity index (χ4v) is 5.51. The number of nitrogens with zero attached hydrogens (tertiary/aromatic N) is 2. The smallest absolute Gasteiger partial charge is 0.301 e. The molecule has 200 valence electrons. The molecule has 1 aliphatic rings. The Hall–Kier alpha value is -4.44. The molecule has 1 unspecified atom stereocenters. The monoisotopic (exact) mass is 548 g/mol. The van der Waals surface area contributed by atoms with Gasteiger partial charge in [0.15, 0.2) is 16.6 Å². The summed E-state index contributed by atoms with van der Waals surface area (Å²) in [7, 11) is 1.49. The van der Waals surface area contributed by atoms with Gasteiger partial charge in [-0.05, 0) is 74.0 Å². The van der Waals surface area contributed by atoms with Crippen LogP contribution < -0.4 is 19.1 Å². The van der Waals surface area contributed by atoms with Gasteiger partial charge in [0.05, 0.1) is 42.2 Å². The second-order valence-electron chi connectivity index (χ2n) is 8.58. The maximum absolute atomic E-state index is 13.6. The predicted octanol–water partition coefficient (Wildman–Crippen LogP) is 5.87. The van der Waals surface area contributed by atoms with Gasteiger partial charge in [-0.25, -0.2) is 9.37 Å². The highest BCUT2D eigenvalue weighted by Gasteiger charge is 2.48. The lowest BCUT2D eigenvalue weighted by atomic mass is 9.95. The molecule has 0 saturated carbocycles. The molecule has 5 rings (SSSR count). The number of anilines is 1. The molecule has 3 aromatic carbocycles. The molecule has 1 saturated heterocycles. The number of ketones is 1. The number of thiazole rings is 1. The van der Waals surface area contributed by atoms with Crippen LogP contribution in [0.4, 0.5) is 9.52 Å². The summed E-state index contributed by atoms with van der Waals surface area (Å²) in [5.74, 6) is -1.11. The number of aromatic nitrogens is 1. The quantitative estimate of drug-likeness (QED) is 0.167. The number of ether oxygens (including phenoxy) is 3. The van der Waals surface area contributed by atoms with Crippen LogP contribution in [0.1, 0.15) is 31.0 Å². The first-order valence-corrected chi connectivity index (χ1v) is 13.1. The van der Waals surface area contributed by atoms with Crippen molar-refractivity contribution in [3.63, 3.8) is 0 Å². The summed E-state index contributed by atoms with van der Waals surface area (Å²) < 4.78 is 31.1. The van der Waals surface area contributed by atoms with Crippen LogP contribution in [0.25, 0.3) is 16.0 Å². The fourth-order valence-electron chi connectivity index (χ4n) is 4.49. The first-order chi connectivity index (χ1) is 18.9. The van der Waals surface area contributed by atoms with E-state index in [1.54, 1.807) is 30.3 Å². The van der Waals surface area contributed by atoms with E-state index in [4.69, 9.17) is 14.2 Å². The van der Waals surface area contributed by atoms with Crippen LogP contribution in [0.3, 0.4) is 0 Å². The highest BCUT2D eigenvalue weighted by molar-refractivity contribution is 7.22. The van der Waals surface area contributed by atoms with Crippen LogP contribution in [0.2, 0.25) is 0 Å². The van der Waals surface area contributed by atoms with E-state index in [2.05, 4.69) is 4.98 Å². The van der Waals surface area contributed by atoms with Gasteiger partial charge in [0.2, 0.25) is 0 Å². The Kier molecular flexibility index (Phi) is 7.21. The zero-order valence-corrected chi connectivity index (χ0v) is 22.3. The van der Waals surface area contributed by atoms with Crippen LogP contribution in [-0.4, -0.2) is 42.1 Å². The Labute approximate surface area is 227 Å². The number of methoxy groups -OCH3 is 1. The summed E-state index contributed by atoms with van der Waals surface area (Å²) in [5.41, 5.74) is 1.17. The topological polar surface area (TPSA) is 98.2 Å². The molecule has 8 nitrogen and oxygen atoms in total. The third-order valence-corrected chi connectivity index (χ3v) is 7.25. The van der Waals surface area contributed by atoms with Gasteiger partial charge < -0.3 is 19.3 Å². The Morgan fingerprint density at radius 2 is 1.74 bits per heavy atom. The fraction of sp³-hybridized carbons (Fsp3) is 0.207. The second kappa shape index (κ2) is 10.7. The molecular formula is C29H25FN2O6S. The highest BCUT2D eigenvalue weighted by atomic mass is 32.1. The van der Waals surface area contributed by atoms with Gasteiger partial charge in [-0.2, -0.15) is 0 Å². The number of Topliss-reactive ketones (excluding diaryl/α,β-unsaturated/α-hetero) is 1. The van der Waals surface area contributed by atoms with E-state index < -0.39 is 29.3 Å². The average molecular weight is 549 g/mol. The Bertz CT molecular complexity index is 1600. The van der Waals surface area contributed by atoms with Gasteiger partial charge >= 0.3 is 5.91 Å². The molecule has 4 aromatic rings. The Morgan fingerprint density at radius 3 is 2.44 bits per heavy atom. The number of rotatable bonds is 8. The van der Waals surface area contributed by atoms with E-state index in [0.29, 0.717) is 41.5 Å². The van der Waals surface area contributed by atoms with Crippen molar-refractivity contribution in [1.82, 2.24) is 4.98 Å². The molecule has 0 spiro atoms. The number of hydrogen-bond acceptors (Lipinski definition) is 8. The average Bonchev–Trinajstić information content (AvgIpc) is 3.47. The third kappa shape index (κ3) is 4.79. The Morgan fingerprint density at radius 1 is 1.00 bits per heavy atom. The van der Waals surface area contributed by atoms with Gasteiger partial charge in [0.1, 0.15) is 17.3 Å². The molecule has 2 heterocycles. The van der Waals surface area contributed by atoms with Crippen LogP contribution >= 0.6 is 11.3 Å². The van der Waals surface area contributed by atoms with Crippen molar-refractivity contribution in [2.24, 2.45) is 0 Å². The van der Waals surface area contributed by atoms with Crippen LogP contribution in [0.15, 0.2) is 66.2 Å². The van der Waals surface area contributed by atoms with Crippen molar-refractivity contribution in [1.29, 1.82) is 0 Å². The number of halogens is 1. The van der Waals surface area contributed by atoms with E-state index in [1.165, 1.54) is 47.6 Å². The molecule has 10 heteroatoms. The SMILES string of the molecule is CCOc1ccc2nc(N3C(=O)C(=O)C(=C(O)c4ccc(F)cc4)C3c3ccc(OCC)c(OC)c3)sc2c1. The second-order valence-corrected chi connectivity index (χ2v) is 9.59. The van der Waals surface area contributed by atoms with Crippen LogP contribution in [0.5, 0.6) is 17.2 Å². The van der Waals surface area contributed by atoms with Gasteiger partial charge in [-0.15, -0.1) is 0 Å². The summed E-state index contributed by atoms with van der Waals surface area (Å²) in [6, 6.07) is 14.4. The normalized spacial score (nSPS) is 16.6. The third-order valence-electron chi connectivity index (χ3n) is 6.23. The van der Waals surface area contributed by atoms with E-state index >= 15 is 0 Å². The van der Waals surface area contributed by atoms with Crippen LogP contribution in [-0.2, 0) is 9.59 Å². The van der Waals surface area contributed by atoms with Crippen molar-refractivity contribution < 1.29 is 33.3 Å². The molecule has 1 atom stereocenters. The molecular weight excluding hydrogens is 523 g/mol. The first kappa shape index (κ1) is 26.2. The molecule has 1 amide bonds. The molecule has 1 aromatic heterocycles. The van der Waals surface area contributed by atoms with Crippen molar-refractivity contribution in [3.8, 4) is 17.2 Å². The zero-order chi connectivity index (χ0) is 27.7. The van der Waals surface area contributed by atoms with E-state index in [1.807, 2.05) is 19.9 Å². The van der Waals surface area contributed by atoms with Crippen molar-refractivity contribution in [2.45, 2.75) is 19.9 Å². The van der Waals surface area contributed by atoms with Gasteiger partial charge in [0.25, 0.3) is 5.78 Å². The number of fused-ring (bicyclic) bond motifs is 1. The number of aliphatic hydroxyl groups excluding tert-OH is 1. The lowest BCUT2D eigenvalue weighted by molar-refractivity contribution is -0.132. The molecule has 0 radical (unpaired) electrons. The van der Waals surface area contributed by atoms with Crippen molar-refractivity contribution >= 4 is 44.1 Å².